The molecule has 0 saturated carbocycles. The van der Waals surface area contributed by atoms with Crippen LogP contribution in [-0.4, -0.2) is 22.8 Å². The molecule has 4 N–H and O–H groups in total. The first-order chi connectivity index (χ1) is 9.97. The predicted octanol–water partition coefficient (Wildman–Crippen LogP) is 0.145. The van der Waals surface area contributed by atoms with Crippen molar-refractivity contribution in [2.75, 3.05) is 5.73 Å². The molecule has 10 heteroatoms. The Kier molecular flexibility index (Phi) is 3.27. The minimum absolute atomic E-state index is 0.0272. The number of nitrogens with zero attached hydrogens (tertiary/aromatic N) is 2. The number of pyridine rings is 1. The van der Waals surface area contributed by atoms with Crippen LogP contribution in [0.2, 0.25) is 0 Å². The van der Waals surface area contributed by atoms with Crippen LogP contribution < -0.4 is 15.3 Å². The Balaban J connectivity index is 1.96. The summed E-state index contributed by atoms with van der Waals surface area (Å²) in [5.41, 5.74) is 6.64. The minimum atomic E-state index is -3.86. The highest BCUT2D eigenvalue weighted by Gasteiger charge is 2.23. The van der Waals surface area contributed by atoms with Gasteiger partial charge in [0.05, 0.1) is 6.54 Å². The Labute approximate surface area is 123 Å². The molecule has 0 aliphatic rings. The Morgan fingerprint density at radius 1 is 1.43 bits per heavy atom. The number of aromatic amines is 1. The van der Waals surface area contributed by atoms with Crippen molar-refractivity contribution in [3.8, 4) is 0 Å². The second kappa shape index (κ2) is 4.98. The van der Waals surface area contributed by atoms with Crippen LogP contribution >= 0.6 is 11.3 Å². The van der Waals surface area contributed by atoms with Crippen LogP contribution in [0.1, 0.15) is 5.69 Å². The summed E-state index contributed by atoms with van der Waals surface area (Å²) >= 11 is 0.970. The van der Waals surface area contributed by atoms with Gasteiger partial charge < -0.3 is 10.7 Å². The van der Waals surface area contributed by atoms with Crippen molar-refractivity contribution in [2.24, 2.45) is 0 Å². The molecule has 21 heavy (non-hydrogen) atoms. The van der Waals surface area contributed by atoms with Gasteiger partial charge in [-0.25, -0.2) is 18.1 Å². The maximum absolute atomic E-state index is 12.4. The summed E-state index contributed by atoms with van der Waals surface area (Å²) in [5, 5.41) is 1.44. The lowest BCUT2D eigenvalue weighted by molar-refractivity contribution is 0.576. The van der Waals surface area contributed by atoms with Gasteiger partial charge in [-0.1, -0.05) is 17.4 Å². The molecule has 0 aliphatic carbocycles. The van der Waals surface area contributed by atoms with E-state index in [-0.39, 0.29) is 22.3 Å². The molecule has 3 aromatic heterocycles. The van der Waals surface area contributed by atoms with E-state index in [9.17, 15) is 13.2 Å². The monoisotopic (exact) mass is 325 g/mol. The highest BCUT2D eigenvalue weighted by molar-refractivity contribution is 7.89. The molecule has 0 radical (unpaired) electrons. The summed E-state index contributed by atoms with van der Waals surface area (Å²) in [5.74, 6) is -0.0764. The number of fused-ring (bicyclic) bond motifs is 1. The molecule has 0 unspecified atom stereocenters. The van der Waals surface area contributed by atoms with Crippen molar-refractivity contribution in [1.29, 1.82) is 0 Å². The van der Waals surface area contributed by atoms with Crippen molar-refractivity contribution in [3.05, 3.63) is 45.1 Å². The van der Waals surface area contributed by atoms with Crippen molar-refractivity contribution in [2.45, 2.75) is 11.6 Å². The minimum Gasteiger partial charge on any atom is -0.381 e. The van der Waals surface area contributed by atoms with Crippen molar-refractivity contribution in [1.82, 2.24) is 19.1 Å². The average Bonchev–Trinajstić information content (AvgIpc) is 2.99. The molecule has 0 amide bonds. The van der Waals surface area contributed by atoms with Gasteiger partial charge >= 0.3 is 4.87 Å². The van der Waals surface area contributed by atoms with E-state index in [1.54, 1.807) is 29.8 Å². The molecule has 8 nitrogen and oxygen atoms in total. The zero-order valence-electron chi connectivity index (χ0n) is 10.6. The summed E-state index contributed by atoms with van der Waals surface area (Å²) in [4.78, 5) is 17.3. The quantitative estimate of drug-likeness (QED) is 0.630. The molecule has 0 aromatic carbocycles. The third-order valence-corrected chi connectivity index (χ3v) is 4.95. The number of sulfonamides is 1. The summed E-state index contributed by atoms with van der Waals surface area (Å²) in [6.45, 7) is -0.0272. The van der Waals surface area contributed by atoms with Crippen LogP contribution in [0.3, 0.4) is 0 Å². The summed E-state index contributed by atoms with van der Waals surface area (Å²) in [6.07, 6.45) is 1.57. The first kappa shape index (κ1) is 13.8. The second-order valence-electron chi connectivity index (χ2n) is 4.23. The maximum atomic E-state index is 12.4. The van der Waals surface area contributed by atoms with Gasteiger partial charge in [-0.05, 0) is 12.1 Å². The summed E-state index contributed by atoms with van der Waals surface area (Å²) in [7, 11) is -3.86. The topological polar surface area (TPSA) is 122 Å². The SMILES string of the molecule is Nc1nc2ccccn2c1S(=O)(=O)NCc1csc(=O)[nH]1. The summed E-state index contributed by atoms with van der Waals surface area (Å²) in [6, 6.07) is 5.08. The number of nitrogens with two attached hydrogens (primary N) is 1. The molecule has 0 saturated heterocycles. The van der Waals surface area contributed by atoms with E-state index in [1.165, 1.54) is 4.40 Å². The highest BCUT2D eigenvalue weighted by atomic mass is 32.2. The fourth-order valence-electron chi connectivity index (χ4n) is 1.90. The van der Waals surface area contributed by atoms with Crippen molar-refractivity contribution < 1.29 is 8.42 Å². The second-order valence-corrected chi connectivity index (χ2v) is 6.75. The van der Waals surface area contributed by atoms with Gasteiger partial charge in [-0.3, -0.25) is 9.20 Å². The lowest BCUT2D eigenvalue weighted by Gasteiger charge is -2.06. The van der Waals surface area contributed by atoms with Crippen LogP contribution in [0, 0.1) is 0 Å². The standard InChI is InChI=1S/C11H11N5O3S2/c12-9-10(16-4-2-1-3-8(16)15-9)21(18,19)13-5-7-6-20-11(17)14-7/h1-4,6,13H,5,12H2,(H,14,17). The van der Waals surface area contributed by atoms with E-state index in [0.717, 1.165) is 11.3 Å². The van der Waals surface area contributed by atoms with E-state index in [4.69, 9.17) is 5.73 Å². The zero-order chi connectivity index (χ0) is 15.0. The molecule has 3 rings (SSSR count). The molecule has 3 heterocycles. The lowest BCUT2D eigenvalue weighted by Crippen LogP contribution is -2.25. The highest BCUT2D eigenvalue weighted by Crippen LogP contribution is 2.19. The van der Waals surface area contributed by atoms with E-state index >= 15 is 0 Å². The van der Waals surface area contributed by atoms with E-state index < -0.39 is 10.0 Å². The van der Waals surface area contributed by atoms with Crippen LogP contribution in [-0.2, 0) is 16.6 Å². The average molecular weight is 325 g/mol. The van der Waals surface area contributed by atoms with Gasteiger partial charge in [0.15, 0.2) is 10.8 Å². The summed E-state index contributed by atoms with van der Waals surface area (Å²) < 4.78 is 28.5. The maximum Gasteiger partial charge on any atom is 0.304 e. The normalized spacial score (nSPS) is 12.0. The van der Waals surface area contributed by atoms with Gasteiger partial charge in [-0.2, -0.15) is 0 Å². The zero-order valence-corrected chi connectivity index (χ0v) is 12.2. The van der Waals surface area contributed by atoms with E-state index in [2.05, 4.69) is 14.7 Å². The fourth-order valence-corrected chi connectivity index (χ4v) is 3.70. The third-order valence-electron chi connectivity index (χ3n) is 2.79. The fraction of sp³-hybridized carbons (Fsp3) is 0.0909. The molecule has 0 atom stereocenters. The number of nitrogen functional groups attached to an aromatic ring is 1. The Hall–Kier alpha value is -2.17. The van der Waals surface area contributed by atoms with E-state index in [1.807, 2.05) is 0 Å². The molecule has 3 aromatic rings. The number of hydrogen-bond acceptors (Lipinski definition) is 6. The molecular weight excluding hydrogens is 314 g/mol. The molecule has 0 spiro atoms. The van der Waals surface area contributed by atoms with Crippen LogP contribution in [0.5, 0.6) is 0 Å². The Bertz CT molecular complexity index is 954. The Morgan fingerprint density at radius 3 is 2.95 bits per heavy atom. The molecule has 0 bridgehead atoms. The number of aromatic nitrogens is 3. The van der Waals surface area contributed by atoms with Crippen LogP contribution in [0.15, 0.2) is 39.6 Å². The van der Waals surface area contributed by atoms with Gasteiger partial charge in [-0.15, -0.1) is 0 Å². The number of H-pyrrole nitrogens is 1. The number of nitrogens with one attached hydrogen (secondary N) is 2. The Morgan fingerprint density at radius 2 is 2.24 bits per heavy atom. The van der Waals surface area contributed by atoms with Gasteiger partial charge in [0, 0.05) is 17.3 Å². The first-order valence-electron chi connectivity index (χ1n) is 5.86. The molecular formula is C11H11N5O3S2. The molecule has 110 valence electrons. The lowest BCUT2D eigenvalue weighted by atomic mass is 10.5. The number of hydrogen-bond donors (Lipinski definition) is 3. The number of rotatable bonds is 4. The predicted molar refractivity (Wildman–Crippen MR) is 78.6 cm³/mol. The van der Waals surface area contributed by atoms with Gasteiger partial charge in [0.1, 0.15) is 5.65 Å². The van der Waals surface area contributed by atoms with Crippen LogP contribution in [0.4, 0.5) is 5.82 Å². The van der Waals surface area contributed by atoms with Crippen LogP contribution in [0.25, 0.3) is 5.65 Å². The third kappa shape index (κ3) is 2.55. The number of anilines is 1. The van der Waals surface area contributed by atoms with E-state index in [0.29, 0.717) is 11.3 Å². The number of thiazole rings is 1. The molecule has 0 fully saturated rings. The molecule has 0 aliphatic heterocycles. The smallest absolute Gasteiger partial charge is 0.304 e. The van der Waals surface area contributed by atoms with Crippen molar-refractivity contribution in [3.63, 3.8) is 0 Å². The largest absolute Gasteiger partial charge is 0.381 e. The first-order valence-corrected chi connectivity index (χ1v) is 8.22. The number of imidazole rings is 1. The van der Waals surface area contributed by atoms with Crippen molar-refractivity contribution >= 4 is 32.8 Å². The van der Waals surface area contributed by atoms with Gasteiger partial charge in [0.25, 0.3) is 10.0 Å². The van der Waals surface area contributed by atoms with Gasteiger partial charge in [0.2, 0.25) is 0 Å².